The van der Waals surface area contributed by atoms with E-state index in [1.807, 2.05) is 19.1 Å². The molecule has 112 valence electrons. The first-order chi connectivity index (χ1) is 9.74. The van der Waals surface area contributed by atoms with Crippen molar-refractivity contribution in [3.63, 3.8) is 0 Å². The van der Waals surface area contributed by atoms with E-state index in [0.717, 1.165) is 15.6 Å². The van der Waals surface area contributed by atoms with Crippen molar-refractivity contribution in [2.24, 2.45) is 0 Å². The van der Waals surface area contributed by atoms with Gasteiger partial charge in [0.05, 0.1) is 11.4 Å². The predicted octanol–water partition coefficient (Wildman–Crippen LogP) is 3.76. The van der Waals surface area contributed by atoms with E-state index in [2.05, 4.69) is 20.7 Å². The molecule has 0 bridgehead atoms. The van der Waals surface area contributed by atoms with Gasteiger partial charge >= 0.3 is 0 Å². The van der Waals surface area contributed by atoms with Crippen molar-refractivity contribution in [1.82, 2.24) is 0 Å². The number of aryl methyl sites for hydroxylation is 2. The van der Waals surface area contributed by atoms with Crippen molar-refractivity contribution in [1.29, 1.82) is 0 Å². The Hall–Kier alpha value is -1.53. The molecule has 0 radical (unpaired) electrons. The lowest BCUT2D eigenvalue weighted by Crippen LogP contribution is -2.17. The highest BCUT2D eigenvalue weighted by Gasteiger charge is 2.22. The van der Waals surface area contributed by atoms with Gasteiger partial charge in [0.1, 0.15) is 4.90 Å². The van der Waals surface area contributed by atoms with Crippen LogP contribution in [0.5, 0.6) is 0 Å². The number of hydrogen-bond donors (Lipinski definition) is 2. The first-order valence-electron chi connectivity index (χ1n) is 6.37. The Morgan fingerprint density at radius 3 is 2.33 bits per heavy atom. The van der Waals surface area contributed by atoms with Gasteiger partial charge < -0.3 is 5.73 Å². The van der Waals surface area contributed by atoms with Gasteiger partial charge in [0.25, 0.3) is 10.0 Å². The van der Waals surface area contributed by atoms with Crippen molar-refractivity contribution in [2.75, 3.05) is 10.5 Å². The van der Waals surface area contributed by atoms with Crippen LogP contribution in [0.15, 0.2) is 39.7 Å². The van der Waals surface area contributed by atoms with Gasteiger partial charge in [0, 0.05) is 4.47 Å². The Balaban J connectivity index is 2.54. The number of anilines is 2. The molecule has 2 rings (SSSR count). The largest absolute Gasteiger partial charge is 0.397 e. The number of sulfonamides is 1. The zero-order valence-corrected chi connectivity index (χ0v) is 14.5. The van der Waals surface area contributed by atoms with Crippen LogP contribution >= 0.6 is 15.9 Å². The average Bonchev–Trinajstić information content (AvgIpc) is 2.39. The summed E-state index contributed by atoms with van der Waals surface area (Å²) in [5.74, 6) is 0. The molecule has 0 aliphatic rings. The highest BCUT2D eigenvalue weighted by molar-refractivity contribution is 9.10. The topological polar surface area (TPSA) is 72.2 Å². The summed E-state index contributed by atoms with van der Waals surface area (Å²) in [5.41, 5.74) is 8.97. The molecule has 0 unspecified atom stereocenters. The maximum Gasteiger partial charge on any atom is 0.264 e. The Labute approximate surface area is 133 Å². The first-order valence-corrected chi connectivity index (χ1v) is 8.65. The maximum absolute atomic E-state index is 12.7. The van der Waals surface area contributed by atoms with Gasteiger partial charge in [0.15, 0.2) is 0 Å². The van der Waals surface area contributed by atoms with Crippen LogP contribution in [0.25, 0.3) is 0 Å². The molecule has 0 heterocycles. The SMILES string of the molecule is Cc1ccc(C)c(S(=O)(=O)Nc2cccc(Br)c2C)c1N. The van der Waals surface area contributed by atoms with E-state index < -0.39 is 10.0 Å². The standard InChI is InChI=1S/C15H17BrN2O2S/c1-9-7-8-10(2)15(14(9)17)21(19,20)18-13-6-4-5-12(16)11(13)3/h4-8,18H,17H2,1-3H3. The summed E-state index contributed by atoms with van der Waals surface area (Å²) in [6, 6.07) is 8.93. The summed E-state index contributed by atoms with van der Waals surface area (Å²) >= 11 is 3.39. The summed E-state index contributed by atoms with van der Waals surface area (Å²) in [6.07, 6.45) is 0. The van der Waals surface area contributed by atoms with E-state index in [4.69, 9.17) is 5.73 Å². The van der Waals surface area contributed by atoms with Gasteiger partial charge in [-0.2, -0.15) is 0 Å². The fourth-order valence-electron chi connectivity index (χ4n) is 2.08. The number of nitrogen functional groups attached to an aromatic ring is 1. The predicted molar refractivity (Wildman–Crippen MR) is 90.0 cm³/mol. The molecular formula is C15H17BrN2O2S. The van der Waals surface area contributed by atoms with Crippen molar-refractivity contribution in [3.05, 3.63) is 51.5 Å². The second-order valence-electron chi connectivity index (χ2n) is 4.96. The van der Waals surface area contributed by atoms with Crippen LogP contribution in [-0.4, -0.2) is 8.42 Å². The average molecular weight is 369 g/mol. The van der Waals surface area contributed by atoms with E-state index in [-0.39, 0.29) is 10.6 Å². The lowest BCUT2D eigenvalue weighted by molar-refractivity contribution is 0.601. The molecule has 0 atom stereocenters. The molecule has 0 saturated carbocycles. The van der Waals surface area contributed by atoms with Crippen LogP contribution in [-0.2, 0) is 10.0 Å². The molecule has 0 spiro atoms. The molecule has 4 nitrogen and oxygen atoms in total. The van der Waals surface area contributed by atoms with Gasteiger partial charge in [-0.15, -0.1) is 0 Å². The molecule has 0 saturated heterocycles. The molecule has 0 aliphatic heterocycles. The first kappa shape index (κ1) is 15.9. The van der Waals surface area contributed by atoms with E-state index >= 15 is 0 Å². The number of nitrogens with two attached hydrogens (primary N) is 1. The molecule has 0 aromatic heterocycles. The summed E-state index contributed by atoms with van der Waals surface area (Å²) in [4.78, 5) is 0.141. The van der Waals surface area contributed by atoms with E-state index in [0.29, 0.717) is 11.3 Å². The summed E-state index contributed by atoms with van der Waals surface area (Å²) < 4.78 is 28.8. The summed E-state index contributed by atoms with van der Waals surface area (Å²) in [6.45, 7) is 5.37. The van der Waals surface area contributed by atoms with Crippen molar-refractivity contribution in [2.45, 2.75) is 25.7 Å². The van der Waals surface area contributed by atoms with Gasteiger partial charge in [-0.25, -0.2) is 8.42 Å². The van der Waals surface area contributed by atoms with E-state index in [1.165, 1.54) is 0 Å². The van der Waals surface area contributed by atoms with Crippen LogP contribution < -0.4 is 10.5 Å². The second kappa shape index (κ2) is 5.69. The number of nitrogens with one attached hydrogen (secondary N) is 1. The molecule has 0 amide bonds. The van der Waals surface area contributed by atoms with Crippen LogP contribution in [0.3, 0.4) is 0 Å². The Morgan fingerprint density at radius 1 is 1.05 bits per heavy atom. The minimum absolute atomic E-state index is 0.141. The normalized spacial score (nSPS) is 11.4. The van der Waals surface area contributed by atoms with Crippen LogP contribution in [0, 0.1) is 20.8 Å². The smallest absolute Gasteiger partial charge is 0.264 e. The highest BCUT2D eigenvalue weighted by atomic mass is 79.9. The van der Waals surface area contributed by atoms with Gasteiger partial charge in [-0.1, -0.05) is 34.1 Å². The second-order valence-corrected chi connectivity index (χ2v) is 7.43. The Kier molecular flexibility index (Phi) is 4.30. The van der Waals surface area contributed by atoms with Crippen molar-refractivity contribution < 1.29 is 8.42 Å². The molecule has 2 aromatic rings. The monoisotopic (exact) mass is 368 g/mol. The molecule has 6 heteroatoms. The quantitative estimate of drug-likeness (QED) is 0.810. The fraction of sp³-hybridized carbons (Fsp3) is 0.200. The summed E-state index contributed by atoms with van der Waals surface area (Å²) in [7, 11) is -3.73. The van der Waals surface area contributed by atoms with Crippen molar-refractivity contribution >= 4 is 37.3 Å². The zero-order valence-electron chi connectivity index (χ0n) is 12.1. The molecule has 3 N–H and O–H groups in total. The van der Waals surface area contributed by atoms with Gasteiger partial charge in [-0.05, 0) is 49.6 Å². The fourth-order valence-corrected chi connectivity index (χ4v) is 4.00. The maximum atomic E-state index is 12.7. The third kappa shape index (κ3) is 3.06. The van der Waals surface area contributed by atoms with Crippen LogP contribution in [0.2, 0.25) is 0 Å². The summed E-state index contributed by atoms with van der Waals surface area (Å²) in [5, 5.41) is 0. The lowest BCUT2D eigenvalue weighted by Gasteiger charge is -2.16. The minimum Gasteiger partial charge on any atom is -0.397 e. The zero-order chi connectivity index (χ0) is 15.8. The third-order valence-corrected chi connectivity index (χ3v) is 5.82. The lowest BCUT2D eigenvalue weighted by atomic mass is 10.1. The van der Waals surface area contributed by atoms with Crippen molar-refractivity contribution in [3.8, 4) is 0 Å². The van der Waals surface area contributed by atoms with Crippen LogP contribution in [0.4, 0.5) is 11.4 Å². The van der Waals surface area contributed by atoms with Gasteiger partial charge in [-0.3, -0.25) is 4.72 Å². The number of rotatable bonds is 3. The number of hydrogen-bond acceptors (Lipinski definition) is 3. The molecule has 2 aromatic carbocycles. The minimum atomic E-state index is -3.73. The van der Waals surface area contributed by atoms with Crippen LogP contribution in [0.1, 0.15) is 16.7 Å². The molecular weight excluding hydrogens is 352 g/mol. The molecule has 21 heavy (non-hydrogen) atoms. The van der Waals surface area contributed by atoms with E-state index in [9.17, 15) is 8.42 Å². The third-order valence-electron chi connectivity index (χ3n) is 3.39. The Bertz CT molecular complexity index is 802. The molecule has 0 aliphatic carbocycles. The highest BCUT2D eigenvalue weighted by Crippen LogP contribution is 2.30. The van der Waals surface area contributed by atoms with Gasteiger partial charge in [0.2, 0.25) is 0 Å². The van der Waals surface area contributed by atoms with E-state index in [1.54, 1.807) is 32.0 Å². The molecule has 0 fully saturated rings. The number of halogens is 1. The number of benzene rings is 2. The Morgan fingerprint density at radius 2 is 1.67 bits per heavy atom.